The third kappa shape index (κ3) is 3.26. The lowest BCUT2D eigenvalue weighted by atomic mass is 9.84. The van der Waals surface area contributed by atoms with E-state index in [2.05, 4.69) is 9.80 Å². The fraction of sp³-hybridized carbons (Fsp3) is 0.941. The standard InChI is InChI=1S/C17H30N2O2/c1-14(20)19-12-6-8-16(19)15-7-5-11-18(15)13-17(21)9-3-2-4-10-17/h15-16,21H,2-13H2,1H3/t15-,16+/m1/s1. The highest BCUT2D eigenvalue weighted by Gasteiger charge is 2.41. The first kappa shape index (κ1) is 15.3. The number of β-amino-alcohol motifs (C(OH)–C–C–N with tert-alkyl or cyclic N) is 1. The topological polar surface area (TPSA) is 43.8 Å². The molecule has 2 heterocycles. The number of aliphatic hydroxyl groups is 1. The Bertz CT molecular complexity index is 379. The van der Waals surface area contributed by atoms with E-state index in [1.165, 1.54) is 19.3 Å². The normalized spacial score (nSPS) is 33.5. The van der Waals surface area contributed by atoms with E-state index in [0.717, 1.165) is 58.2 Å². The molecule has 3 rings (SSSR count). The summed E-state index contributed by atoms with van der Waals surface area (Å²) in [6.45, 7) is 4.54. The lowest BCUT2D eigenvalue weighted by molar-refractivity contribution is -0.130. The summed E-state index contributed by atoms with van der Waals surface area (Å²) in [4.78, 5) is 16.4. The predicted octanol–water partition coefficient (Wildman–Crippen LogP) is 2.16. The zero-order chi connectivity index (χ0) is 14.9. The van der Waals surface area contributed by atoms with Gasteiger partial charge in [-0.15, -0.1) is 0 Å². The fourth-order valence-corrected chi connectivity index (χ4v) is 4.81. The molecular weight excluding hydrogens is 264 g/mol. The van der Waals surface area contributed by atoms with Gasteiger partial charge in [0, 0.05) is 32.1 Å². The Kier molecular flexibility index (Phi) is 4.55. The molecule has 2 atom stereocenters. The highest BCUT2D eigenvalue weighted by Crippen LogP contribution is 2.34. The van der Waals surface area contributed by atoms with Crippen molar-refractivity contribution >= 4 is 5.91 Å². The molecule has 4 nitrogen and oxygen atoms in total. The van der Waals surface area contributed by atoms with Crippen LogP contribution in [0.4, 0.5) is 0 Å². The molecule has 0 unspecified atom stereocenters. The number of carbonyl (C=O) groups excluding carboxylic acids is 1. The van der Waals surface area contributed by atoms with Gasteiger partial charge in [0.1, 0.15) is 0 Å². The summed E-state index contributed by atoms with van der Waals surface area (Å²) in [6, 6.07) is 0.861. The molecular formula is C17H30N2O2. The lowest BCUT2D eigenvalue weighted by Crippen LogP contribution is -2.52. The summed E-state index contributed by atoms with van der Waals surface area (Å²) >= 11 is 0. The molecule has 0 spiro atoms. The minimum absolute atomic E-state index is 0.223. The number of rotatable bonds is 3. The smallest absolute Gasteiger partial charge is 0.219 e. The minimum Gasteiger partial charge on any atom is -0.389 e. The minimum atomic E-state index is -0.472. The second-order valence-electron chi connectivity index (χ2n) is 7.39. The molecule has 0 radical (unpaired) electrons. The molecule has 0 bridgehead atoms. The van der Waals surface area contributed by atoms with E-state index in [0.29, 0.717) is 12.1 Å². The van der Waals surface area contributed by atoms with Crippen molar-refractivity contribution < 1.29 is 9.90 Å². The maximum absolute atomic E-state index is 11.8. The third-order valence-corrected chi connectivity index (χ3v) is 5.84. The molecule has 1 amide bonds. The monoisotopic (exact) mass is 294 g/mol. The molecule has 0 aromatic heterocycles. The molecule has 1 saturated carbocycles. The Morgan fingerprint density at radius 2 is 1.71 bits per heavy atom. The predicted molar refractivity (Wildman–Crippen MR) is 83.0 cm³/mol. The first-order valence-electron chi connectivity index (χ1n) is 8.83. The molecule has 3 fully saturated rings. The summed E-state index contributed by atoms with van der Waals surface area (Å²) in [5, 5.41) is 10.8. The summed E-state index contributed by atoms with van der Waals surface area (Å²) in [5.41, 5.74) is -0.472. The van der Waals surface area contributed by atoms with Crippen LogP contribution in [0.3, 0.4) is 0 Å². The van der Waals surface area contributed by atoms with Crippen LogP contribution in [0.25, 0.3) is 0 Å². The molecule has 21 heavy (non-hydrogen) atoms. The van der Waals surface area contributed by atoms with Crippen molar-refractivity contribution in [2.75, 3.05) is 19.6 Å². The van der Waals surface area contributed by atoms with Crippen molar-refractivity contribution in [3.63, 3.8) is 0 Å². The first-order valence-corrected chi connectivity index (χ1v) is 8.83. The van der Waals surface area contributed by atoms with Crippen LogP contribution in [0.1, 0.15) is 64.7 Å². The van der Waals surface area contributed by atoms with Gasteiger partial charge in [0.2, 0.25) is 5.91 Å². The molecule has 2 aliphatic heterocycles. The molecule has 120 valence electrons. The highest BCUT2D eigenvalue weighted by atomic mass is 16.3. The van der Waals surface area contributed by atoms with E-state index in [-0.39, 0.29) is 5.91 Å². The van der Waals surface area contributed by atoms with E-state index in [4.69, 9.17) is 0 Å². The maximum atomic E-state index is 11.8. The summed E-state index contributed by atoms with van der Waals surface area (Å²) in [6.07, 6.45) is 10.2. The van der Waals surface area contributed by atoms with Crippen molar-refractivity contribution in [2.45, 2.75) is 82.4 Å². The number of carbonyl (C=O) groups is 1. The average molecular weight is 294 g/mol. The van der Waals surface area contributed by atoms with Crippen molar-refractivity contribution in [2.24, 2.45) is 0 Å². The Labute approximate surface area is 128 Å². The number of hydrogen-bond donors (Lipinski definition) is 1. The molecule has 3 aliphatic rings. The van der Waals surface area contributed by atoms with E-state index in [1.54, 1.807) is 6.92 Å². The van der Waals surface area contributed by atoms with Crippen LogP contribution in [-0.2, 0) is 4.79 Å². The van der Waals surface area contributed by atoms with E-state index in [1.807, 2.05) is 0 Å². The number of likely N-dealkylation sites (tertiary alicyclic amines) is 2. The Morgan fingerprint density at radius 1 is 1.05 bits per heavy atom. The number of nitrogens with zero attached hydrogens (tertiary/aromatic N) is 2. The summed E-state index contributed by atoms with van der Waals surface area (Å²) in [5.74, 6) is 0.223. The Balaban J connectivity index is 1.66. The second-order valence-corrected chi connectivity index (χ2v) is 7.39. The van der Waals surface area contributed by atoms with Crippen LogP contribution in [0.15, 0.2) is 0 Å². The SMILES string of the molecule is CC(=O)N1CCC[C@H]1[C@H]1CCCN1CC1(O)CCCCC1. The maximum Gasteiger partial charge on any atom is 0.219 e. The van der Waals surface area contributed by atoms with Crippen molar-refractivity contribution in [3.05, 3.63) is 0 Å². The van der Waals surface area contributed by atoms with Crippen LogP contribution < -0.4 is 0 Å². The van der Waals surface area contributed by atoms with Crippen LogP contribution in [0.5, 0.6) is 0 Å². The number of hydrogen-bond acceptors (Lipinski definition) is 3. The van der Waals surface area contributed by atoms with Gasteiger partial charge in [0.15, 0.2) is 0 Å². The molecule has 0 aromatic rings. The summed E-state index contributed by atoms with van der Waals surface area (Å²) in [7, 11) is 0. The fourth-order valence-electron chi connectivity index (χ4n) is 4.81. The van der Waals surface area contributed by atoms with Crippen molar-refractivity contribution in [1.82, 2.24) is 9.80 Å². The molecule has 0 aromatic carbocycles. The van der Waals surface area contributed by atoms with Gasteiger partial charge in [0.05, 0.1) is 5.60 Å². The van der Waals surface area contributed by atoms with Crippen LogP contribution >= 0.6 is 0 Å². The molecule has 1 aliphatic carbocycles. The molecule has 2 saturated heterocycles. The quantitative estimate of drug-likeness (QED) is 0.867. The van der Waals surface area contributed by atoms with Crippen LogP contribution in [-0.4, -0.2) is 58.1 Å². The van der Waals surface area contributed by atoms with Crippen molar-refractivity contribution in [1.29, 1.82) is 0 Å². The number of amides is 1. The van der Waals surface area contributed by atoms with E-state index in [9.17, 15) is 9.90 Å². The zero-order valence-electron chi connectivity index (χ0n) is 13.4. The lowest BCUT2D eigenvalue weighted by Gasteiger charge is -2.40. The van der Waals surface area contributed by atoms with Gasteiger partial charge in [-0.3, -0.25) is 9.69 Å². The average Bonchev–Trinajstić information content (AvgIpc) is 3.06. The molecule has 1 N–H and O–H groups in total. The Morgan fingerprint density at radius 3 is 2.43 bits per heavy atom. The Hall–Kier alpha value is -0.610. The van der Waals surface area contributed by atoms with E-state index >= 15 is 0 Å². The van der Waals surface area contributed by atoms with Gasteiger partial charge in [-0.25, -0.2) is 0 Å². The van der Waals surface area contributed by atoms with Gasteiger partial charge in [-0.1, -0.05) is 19.3 Å². The van der Waals surface area contributed by atoms with Crippen LogP contribution in [0.2, 0.25) is 0 Å². The largest absolute Gasteiger partial charge is 0.389 e. The molecule has 4 heteroatoms. The first-order chi connectivity index (χ1) is 10.1. The summed E-state index contributed by atoms with van der Waals surface area (Å²) < 4.78 is 0. The van der Waals surface area contributed by atoms with Gasteiger partial charge in [-0.05, 0) is 45.1 Å². The van der Waals surface area contributed by atoms with Gasteiger partial charge < -0.3 is 10.0 Å². The highest BCUT2D eigenvalue weighted by molar-refractivity contribution is 5.74. The van der Waals surface area contributed by atoms with Gasteiger partial charge >= 0.3 is 0 Å². The van der Waals surface area contributed by atoms with E-state index < -0.39 is 5.60 Å². The van der Waals surface area contributed by atoms with Crippen LogP contribution in [0, 0.1) is 0 Å². The van der Waals surface area contributed by atoms with Crippen molar-refractivity contribution in [3.8, 4) is 0 Å². The van der Waals surface area contributed by atoms with Gasteiger partial charge in [0.25, 0.3) is 0 Å². The van der Waals surface area contributed by atoms with Gasteiger partial charge in [-0.2, -0.15) is 0 Å². The second kappa shape index (κ2) is 6.25. The zero-order valence-corrected chi connectivity index (χ0v) is 13.4. The third-order valence-electron chi connectivity index (χ3n) is 5.84.